The van der Waals surface area contributed by atoms with E-state index in [4.69, 9.17) is 14.6 Å². The van der Waals surface area contributed by atoms with Gasteiger partial charge in [-0.3, -0.25) is 0 Å². The standard InChI is InChI=1S/C26H40BN3O3.C5H12.C3H3NO/c1-25(2)19-15-21(25)26(3)22(16-19)32-27(33-26)23(14-18-10-6-5-7-11-18)29-24(31)28-17-20-12-8-9-13-30(20)4;1-4-5(2)3;4-2-1-3-5/h5-7,10-11,19-23H,8-9,12-17H2,1-4H3,(H2,28,29,31);5H,4H2,1-3H3;3H,1H2/t19?,20?,21?,22-,23?,26+;;/m1../s1. The van der Waals surface area contributed by atoms with E-state index >= 15 is 0 Å². The Labute approximate surface area is 260 Å². The second kappa shape index (κ2) is 16.1. The summed E-state index contributed by atoms with van der Waals surface area (Å²) < 4.78 is 13.2. The van der Waals surface area contributed by atoms with Crippen molar-refractivity contribution in [2.45, 2.75) is 117 Å². The van der Waals surface area contributed by atoms with Gasteiger partial charge in [-0.2, -0.15) is 5.26 Å². The summed E-state index contributed by atoms with van der Waals surface area (Å²) in [6.07, 6.45) is 8.57. The summed E-state index contributed by atoms with van der Waals surface area (Å²) in [5, 5.41) is 13.9. The van der Waals surface area contributed by atoms with Crippen LogP contribution in [-0.2, 0) is 20.5 Å². The smallest absolute Gasteiger partial charge is 0.404 e. The minimum Gasteiger partial charge on any atom is -0.404 e. The number of likely N-dealkylation sites (tertiary alicyclic amines) is 1. The molecule has 238 valence electrons. The van der Waals surface area contributed by atoms with Crippen LogP contribution in [0.5, 0.6) is 0 Å². The molecule has 4 unspecified atom stereocenters. The van der Waals surface area contributed by atoms with Gasteiger partial charge in [-0.05, 0) is 81.4 Å². The molecule has 5 aliphatic rings. The Hall–Kier alpha value is -2.41. The Balaban J connectivity index is 0.000000440. The van der Waals surface area contributed by atoms with Gasteiger partial charge >= 0.3 is 13.1 Å². The lowest BCUT2D eigenvalue weighted by atomic mass is 9.43. The summed E-state index contributed by atoms with van der Waals surface area (Å²) >= 11 is 0. The first-order chi connectivity index (χ1) is 20.5. The Morgan fingerprint density at radius 1 is 1.21 bits per heavy atom. The number of hydrogen-bond donors (Lipinski definition) is 2. The van der Waals surface area contributed by atoms with Crippen molar-refractivity contribution in [1.82, 2.24) is 15.5 Å². The third kappa shape index (κ3) is 9.06. The molecule has 2 bridgehead atoms. The molecule has 2 amide bonds. The van der Waals surface area contributed by atoms with Crippen LogP contribution in [0.25, 0.3) is 0 Å². The van der Waals surface area contributed by atoms with Gasteiger partial charge in [0.1, 0.15) is 6.29 Å². The van der Waals surface area contributed by atoms with Gasteiger partial charge < -0.3 is 29.6 Å². The molecular formula is C34H55BN4O4. The van der Waals surface area contributed by atoms with Crippen LogP contribution >= 0.6 is 0 Å². The number of aldehydes is 1. The normalized spacial score (nSPS) is 29.3. The molecule has 3 saturated carbocycles. The molecule has 2 saturated heterocycles. The van der Waals surface area contributed by atoms with E-state index in [0.717, 1.165) is 25.3 Å². The minimum absolute atomic E-state index is 0.0139. The van der Waals surface area contributed by atoms with E-state index in [1.54, 1.807) is 6.07 Å². The van der Waals surface area contributed by atoms with Crippen molar-refractivity contribution in [1.29, 1.82) is 5.26 Å². The summed E-state index contributed by atoms with van der Waals surface area (Å²) in [6.45, 7) is 15.4. The summed E-state index contributed by atoms with van der Waals surface area (Å²) in [4.78, 5) is 24.5. The van der Waals surface area contributed by atoms with Gasteiger partial charge in [-0.25, -0.2) is 4.79 Å². The molecule has 0 radical (unpaired) electrons. The summed E-state index contributed by atoms with van der Waals surface area (Å²) in [6, 6.07) is 12.2. The largest absolute Gasteiger partial charge is 0.482 e. The molecule has 1 aromatic carbocycles. The van der Waals surface area contributed by atoms with Crippen LogP contribution in [0.15, 0.2) is 30.3 Å². The number of likely N-dealkylation sites (N-methyl/N-ethyl adjacent to an activating group) is 1. The highest BCUT2D eigenvalue weighted by Gasteiger charge is 2.68. The first kappa shape index (κ1) is 35.1. The number of carbonyl (C=O) groups excluding carboxylic acids is 2. The molecule has 43 heavy (non-hydrogen) atoms. The summed E-state index contributed by atoms with van der Waals surface area (Å²) in [5.74, 6) is 1.86. The molecule has 6 atom stereocenters. The predicted octanol–water partition coefficient (Wildman–Crippen LogP) is 5.80. The second-order valence-corrected chi connectivity index (χ2v) is 13.9. The second-order valence-electron chi connectivity index (χ2n) is 13.9. The van der Waals surface area contributed by atoms with Crippen molar-refractivity contribution in [2.24, 2.45) is 23.2 Å². The van der Waals surface area contributed by atoms with Crippen LogP contribution in [0.1, 0.15) is 92.1 Å². The monoisotopic (exact) mass is 594 g/mol. The fraction of sp³-hybridized carbons (Fsp3) is 0.735. The average molecular weight is 595 g/mol. The van der Waals surface area contributed by atoms with E-state index in [-0.39, 0.29) is 30.1 Å². The van der Waals surface area contributed by atoms with Gasteiger partial charge in [0, 0.05) is 12.6 Å². The fourth-order valence-electron chi connectivity index (χ4n) is 7.02. The lowest BCUT2D eigenvalue weighted by Gasteiger charge is -2.64. The SMILES string of the molecule is CCC(C)C.CN1CCCCC1CNC(=O)NC(Cc1ccccc1)B1O[C@@H]2CC3CC(C3(C)C)[C@]2(C)O1.N#CCC=O. The number of hydrogen-bond acceptors (Lipinski definition) is 6. The number of benzene rings is 1. The number of piperidine rings is 1. The summed E-state index contributed by atoms with van der Waals surface area (Å²) in [7, 11) is 1.72. The highest BCUT2D eigenvalue weighted by molar-refractivity contribution is 6.48. The highest BCUT2D eigenvalue weighted by atomic mass is 16.7. The molecule has 2 aliphatic heterocycles. The Morgan fingerprint density at radius 2 is 1.91 bits per heavy atom. The molecule has 9 heteroatoms. The fourth-order valence-corrected chi connectivity index (χ4v) is 7.02. The zero-order chi connectivity index (χ0) is 31.6. The van der Waals surface area contributed by atoms with Crippen molar-refractivity contribution in [2.75, 3.05) is 20.1 Å². The number of nitrogens with one attached hydrogen (secondary N) is 2. The number of carbonyl (C=O) groups is 2. The Morgan fingerprint density at radius 3 is 2.47 bits per heavy atom. The van der Waals surface area contributed by atoms with Crippen molar-refractivity contribution >= 4 is 19.4 Å². The van der Waals surface area contributed by atoms with Crippen molar-refractivity contribution in [3.05, 3.63) is 35.9 Å². The van der Waals surface area contributed by atoms with Gasteiger partial charge in [0.15, 0.2) is 0 Å². The number of urea groups is 1. The average Bonchev–Trinajstić information content (AvgIpc) is 3.35. The molecule has 5 fully saturated rings. The van der Waals surface area contributed by atoms with Gasteiger partial charge in [-0.1, -0.05) is 77.8 Å². The van der Waals surface area contributed by atoms with E-state index < -0.39 is 7.12 Å². The third-order valence-electron chi connectivity index (χ3n) is 10.3. The van der Waals surface area contributed by atoms with E-state index in [0.29, 0.717) is 42.5 Å². The van der Waals surface area contributed by atoms with E-state index in [9.17, 15) is 9.59 Å². The van der Waals surface area contributed by atoms with Crippen LogP contribution in [0.3, 0.4) is 0 Å². The molecular weight excluding hydrogens is 539 g/mol. The van der Waals surface area contributed by atoms with Crippen LogP contribution in [0.2, 0.25) is 0 Å². The van der Waals surface area contributed by atoms with Crippen LogP contribution in [0.4, 0.5) is 4.79 Å². The van der Waals surface area contributed by atoms with E-state index in [1.807, 2.05) is 18.2 Å². The first-order valence-electron chi connectivity index (χ1n) is 16.4. The third-order valence-corrected chi connectivity index (χ3v) is 10.3. The molecule has 6 rings (SSSR count). The molecule has 3 aliphatic carbocycles. The van der Waals surface area contributed by atoms with Crippen molar-refractivity contribution in [3.63, 3.8) is 0 Å². The van der Waals surface area contributed by atoms with Gasteiger partial charge in [0.25, 0.3) is 0 Å². The van der Waals surface area contributed by atoms with Crippen LogP contribution < -0.4 is 10.6 Å². The molecule has 8 nitrogen and oxygen atoms in total. The van der Waals surface area contributed by atoms with E-state index in [2.05, 4.69) is 76.3 Å². The quantitative estimate of drug-likeness (QED) is 0.291. The maximum absolute atomic E-state index is 13.0. The van der Waals surface area contributed by atoms with Gasteiger partial charge in [0.05, 0.1) is 30.1 Å². The van der Waals surface area contributed by atoms with Crippen LogP contribution in [-0.4, -0.2) is 68.2 Å². The molecule has 1 aromatic rings. The molecule has 2 N–H and O–H groups in total. The number of rotatable bonds is 8. The maximum Gasteiger partial charge on any atom is 0.482 e. The topological polar surface area (TPSA) is 104 Å². The highest BCUT2D eigenvalue weighted by Crippen LogP contribution is 2.65. The van der Waals surface area contributed by atoms with E-state index in [1.165, 1.54) is 31.2 Å². The minimum atomic E-state index is -0.432. The molecule has 0 spiro atoms. The zero-order valence-electron chi connectivity index (χ0n) is 27.6. The predicted molar refractivity (Wildman–Crippen MR) is 172 cm³/mol. The summed E-state index contributed by atoms with van der Waals surface area (Å²) in [5.41, 5.74) is 1.20. The van der Waals surface area contributed by atoms with Crippen molar-refractivity contribution in [3.8, 4) is 6.07 Å². The van der Waals surface area contributed by atoms with Crippen LogP contribution in [0, 0.1) is 34.5 Å². The van der Waals surface area contributed by atoms with Gasteiger partial charge in [-0.15, -0.1) is 0 Å². The number of nitriles is 1. The molecule has 0 aromatic heterocycles. The maximum atomic E-state index is 13.0. The first-order valence-corrected chi connectivity index (χ1v) is 16.4. The Kier molecular flexibility index (Phi) is 13.1. The lowest BCUT2D eigenvalue weighted by molar-refractivity contribution is -0.199. The lowest BCUT2D eigenvalue weighted by Crippen LogP contribution is -2.65. The number of nitrogens with zero attached hydrogens (tertiary/aromatic N) is 2. The molecule has 2 heterocycles. The van der Waals surface area contributed by atoms with Crippen molar-refractivity contribution < 1.29 is 18.9 Å². The van der Waals surface area contributed by atoms with Gasteiger partial charge in [0.2, 0.25) is 0 Å². The zero-order valence-corrected chi connectivity index (χ0v) is 27.6. The Bertz CT molecular complexity index is 1060. The number of amides is 2.